The molecule has 2 fully saturated rings. The van der Waals surface area contributed by atoms with Crippen LogP contribution in [0.1, 0.15) is 39.0 Å². The fourth-order valence-electron chi connectivity index (χ4n) is 3.96. The fourth-order valence-corrected chi connectivity index (χ4v) is 4.14. The maximum Gasteiger partial charge on any atom is 0.308 e. The van der Waals surface area contributed by atoms with Crippen molar-refractivity contribution in [3.05, 3.63) is 29.3 Å². The Morgan fingerprint density at radius 3 is 3.00 bits per heavy atom. The highest BCUT2D eigenvalue weighted by Gasteiger charge is 2.50. The summed E-state index contributed by atoms with van der Waals surface area (Å²) in [4.78, 5) is 26.9. The number of rotatable bonds is 3. The molecule has 124 valence electrons. The number of carbonyl (C=O) groups is 2. The minimum Gasteiger partial charge on any atom is -0.466 e. The molecule has 5 heteroatoms. The lowest BCUT2D eigenvalue weighted by molar-refractivity contribution is -0.151. The Kier molecular flexibility index (Phi) is 4.62. The van der Waals surface area contributed by atoms with E-state index in [2.05, 4.69) is 0 Å². The Bertz CT molecular complexity index is 618. The van der Waals surface area contributed by atoms with Crippen molar-refractivity contribution in [2.24, 2.45) is 11.3 Å². The minimum absolute atomic E-state index is 0.133. The van der Waals surface area contributed by atoms with Gasteiger partial charge in [-0.3, -0.25) is 9.59 Å². The van der Waals surface area contributed by atoms with Gasteiger partial charge in [0.2, 0.25) is 5.91 Å². The molecule has 1 saturated heterocycles. The molecule has 1 aromatic rings. The van der Waals surface area contributed by atoms with E-state index in [0.717, 1.165) is 31.4 Å². The number of hydrogen-bond acceptors (Lipinski definition) is 3. The van der Waals surface area contributed by atoms with Gasteiger partial charge >= 0.3 is 5.97 Å². The van der Waals surface area contributed by atoms with E-state index in [0.29, 0.717) is 24.6 Å². The van der Waals surface area contributed by atoms with E-state index >= 15 is 0 Å². The summed E-state index contributed by atoms with van der Waals surface area (Å²) in [6.45, 7) is 2.90. The number of carbonyl (C=O) groups excluding carboxylic acids is 2. The third-order valence-corrected chi connectivity index (χ3v) is 5.33. The standard InChI is InChI=1S/C18H22ClNO3/c1-2-23-16(21)13-5-4-8-18(12-13)9-10-20(17(18)22)15-7-3-6-14(19)11-15/h3,6-7,11,13H,2,4-5,8-10,12H2,1H3/t13-,18-/m0/s1. The molecule has 23 heavy (non-hydrogen) atoms. The van der Waals surface area contributed by atoms with Gasteiger partial charge in [0.15, 0.2) is 0 Å². The molecule has 2 aliphatic rings. The molecular weight excluding hydrogens is 314 g/mol. The van der Waals surface area contributed by atoms with Gasteiger partial charge in [-0.2, -0.15) is 0 Å². The Morgan fingerprint density at radius 2 is 2.26 bits per heavy atom. The van der Waals surface area contributed by atoms with Crippen LogP contribution in [0, 0.1) is 11.3 Å². The van der Waals surface area contributed by atoms with Crippen molar-refractivity contribution >= 4 is 29.2 Å². The third-order valence-electron chi connectivity index (χ3n) is 5.10. The van der Waals surface area contributed by atoms with Crippen molar-refractivity contribution in [2.75, 3.05) is 18.1 Å². The Labute approximate surface area is 141 Å². The Balaban J connectivity index is 1.78. The molecule has 1 heterocycles. The molecule has 0 aromatic heterocycles. The number of halogens is 1. The van der Waals surface area contributed by atoms with Crippen molar-refractivity contribution in [3.8, 4) is 0 Å². The normalized spacial score (nSPS) is 27.5. The summed E-state index contributed by atoms with van der Waals surface area (Å²) in [5.41, 5.74) is 0.440. The number of hydrogen-bond donors (Lipinski definition) is 0. The molecule has 0 radical (unpaired) electrons. The van der Waals surface area contributed by atoms with Crippen LogP contribution in [0.2, 0.25) is 5.02 Å². The van der Waals surface area contributed by atoms with Gasteiger partial charge in [-0.25, -0.2) is 0 Å². The van der Waals surface area contributed by atoms with Gasteiger partial charge in [0.25, 0.3) is 0 Å². The van der Waals surface area contributed by atoms with E-state index in [4.69, 9.17) is 16.3 Å². The van der Waals surface area contributed by atoms with Crippen LogP contribution in [0.15, 0.2) is 24.3 Å². The second kappa shape index (κ2) is 6.52. The second-order valence-electron chi connectivity index (χ2n) is 6.51. The molecule has 4 nitrogen and oxygen atoms in total. The van der Waals surface area contributed by atoms with Gasteiger partial charge in [0.05, 0.1) is 17.9 Å². The van der Waals surface area contributed by atoms with Gasteiger partial charge in [-0.05, 0) is 50.8 Å². The summed E-state index contributed by atoms with van der Waals surface area (Å²) in [7, 11) is 0. The van der Waals surface area contributed by atoms with Crippen LogP contribution in [-0.4, -0.2) is 25.0 Å². The number of anilines is 1. The number of amides is 1. The largest absolute Gasteiger partial charge is 0.466 e. The van der Waals surface area contributed by atoms with Crippen LogP contribution in [0.3, 0.4) is 0 Å². The maximum absolute atomic E-state index is 13.1. The molecule has 0 N–H and O–H groups in total. The number of benzene rings is 1. The predicted molar refractivity (Wildman–Crippen MR) is 89.4 cm³/mol. The van der Waals surface area contributed by atoms with E-state index in [9.17, 15) is 9.59 Å². The summed E-state index contributed by atoms with van der Waals surface area (Å²) in [5.74, 6) is -0.165. The monoisotopic (exact) mass is 335 g/mol. The first-order valence-corrected chi connectivity index (χ1v) is 8.68. The molecule has 3 rings (SSSR count). The molecule has 1 aliphatic heterocycles. The highest BCUT2D eigenvalue weighted by atomic mass is 35.5. The first-order chi connectivity index (χ1) is 11.1. The van der Waals surface area contributed by atoms with Gasteiger partial charge in [0.1, 0.15) is 0 Å². The smallest absolute Gasteiger partial charge is 0.308 e. The van der Waals surface area contributed by atoms with E-state index in [1.165, 1.54) is 0 Å². The van der Waals surface area contributed by atoms with Gasteiger partial charge < -0.3 is 9.64 Å². The average Bonchev–Trinajstić information content (AvgIpc) is 2.84. The molecule has 1 aromatic carbocycles. The molecule has 1 saturated carbocycles. The van der Waals surface area contributed by atoms with Crippen molar-refractivity contribution in [2.45, 2.75) is 39.0 Å². The van der Waals surface area contributed by atoms with Crippen LogP contribution in [-0.2, 0) is 14.3 Å². The summed E-state index contributed by atoms with van der Waals surface area (Å²) in [6, 6.07) is 7.40. The van der Waals surface area contributed by atoms with Gasteiger partial charge in [-0.1, -0.05) is 24.1 Å². The van der Waals surface area contributed by atoms with Crippen LogP contribution in [0.5, 0.6) is 0 Å². The molecule has 1 amide bonds. The molecule has 2 atom stereocenters. The maximum atomic E-state index is 13.1. The minimum atomic E-state index is -0.405. The topological polar surface area (TPSA) is 46.6 Å². The van der Waals surface area contributed by atoms with Crippen molar-refractivity contribution in [1.82, 2.24) is 0 Å². The highest BCUT2D eigenvalue weighted by molar-refractivity contribution is 6.31. The zero-order valence-corrected chi connectivity index (χ0v) is 14.1. The SMILES string of the molecule is CCOC(=O)[C@H]1CCC[C@]2(CCN(c3cccc(Cl)c3)C2=O)C1. The lowest BCUT2D eigenvalue weighted by Gasteiger charge is -2.35. The Morgan fingerprint density at radius 1 is 1.43 bits per heavy atom. The summed E-state index contributed by atoms with van der Waals surface area (Å²) in [5, 5.41) is 0.629. The van der Waals surface area contributed by atoms with Crippen LogP contribution >= 0.6 is 11.6 Å². The fraction of sp³-hybridized carbons (Fsp3) is 0.556. The molecule has 1 aliphatic carbocycles. The van der Waals surface area contributed by atoms with Crippen molar-refractivity contribution in [1.29, 1.82) is 0 Å². The first kappa shape index (κ1) is 16.3. The summed E-state index contributed by atoms with van der Waals surface area (Å²) < 4.78 is 5.17. The van der Waals surface area contributed by atoms with E-state index in [1.807, 2.05) is 30.0 Å². The molecular formula is C18H22ClNO3. The molecule has 0 unspecified atom stereocenters. The summed E-state index contributed by atoms with van der Waals surface area (Å²) >= 11 is 6.05. The quantitative estimate of drug-likeness (QED) is 0.789. The van der Waals surface area contributed by atoms with E-state index < -0.39 is 5.41 Å². The first-order valence-electron chi connectivity index (χ1n) is 8.30. The lowest BCUT2D eigenvalue weighted by Crippen LogP contribution is -2.40. The number of esters is 1. The zero-order chi connectivity index (χ0) is 16.4. The third kappa shape index (κ3) is 3.09. The zero-order valence-electron chi connectivity index (χ0n) is 13.4. The van der Waals surface area contributed by atoms with Crippen molar-refractivity contribution < 1.29 is 14.3 Å². The van der Waals surface area contributed by atoms with Gasteiger partial charge in [0, 0.05) is 17.3 Å². The lowest BCUT2D eigenvalue weighted by atomic mass is 9.68. The predicted octanol–water partition coefficient (Wildman–Crippen LogP) is 3.82. The number of nitrogens with zero attached hydrogens (tertiary/aromatic N) is 1. The molecule has 1 spiro atoms. The van der Waals surface area contributed by atoms with E-state index in [-0.39, 0.29) is 17.8 Å². The summed E-state index contributed by atoms with van der Waals surface area (Å²) in [6.07, 6.45) is 4.00. The van der Waals surface area contributed by atoms with Gasteiger partial charge in [-0.15, -0.1) is 0 Å². The second-order valence-corrected chi connectivity index (χ2v) is 6.95. The highest BCUT2D eigenvalue weighted by Crippen LogP contribution is 2.48. The van der Waals surface area contributed by atoms with Crippen LogP contribution < -0.4 is 4.90 Å². The van der Waals surface area contributed by atoms with E-state index in [1.54, 1.807) is 6.07 Å². The average molecular weight is 336 g/mol. The van der Waals surface area contributed by atoms with Crippen molar-refractivity contribution in [3.63, 3.8) is 0 Å². The number of ether oxygens (including phenoxy) is 1. The van der Waals surface area contributed by atoms with Crippen LogP contribution in [0.4, 0.5) is 5.69 Å². The Hall–Kier alpha value is -1.55. The van der Waals surface area contributed by atoms with Crippen LogP contribution in [0.25, 0.3) is 0 Å². The molecule has 0 bridgehead atoms.